The van der Waals surface area contributed by atoms with Crippen LogP contribution in [-0.4, -0.2) is 19.9 Å². The molecule has 140 valence electrons. The molecule has 0 aliphatic heterocycles. The second-order valence-corrected chi connectivity index (χ2v) is 13.0. The Balaban J connectivity index is 2.09. The van der Waals surface area contributed by atoms with Gasteiger partial charge in [0.25, 0.3) is 0 Å². The fraction of sp³-hybridized carbons (Fsp3) is 0.667. The zero-order valence-electron chi connectivity index (χ0n) is 16.8. The van der Waals surface area contributed by atoms with E-state index < -0.39 is 8.32 Å². The minimum absolute atomic E-state index is 0.311. The molecule has 0 fully saturated rings. The summed E-state index contributed by atoms with van der Waals surface area (Å²) in [5, 5.41) is 0.311. The van der Waals surface area contributed by atoms with Crippen LogP contribution in [0.4, 0.5) is 0 Å². The highest BCUT2D eigenvalue weighted by Gasteiger charge is 2.36. The van der Waals surface area contributed by atoms with Crippen LogP contribution in [0.1, 0.15) is 70.6 Å². The van der Waals surface area contributed by atoms with Gasteiger partial charge in [0.2, 0.25) is 0 Å². The Kier molecular flexibility index (Phi) is 9.41. The van der Waals surface area contributed by atoms with Gasteiger partial charge in [0.05, 0.1) is 5.69 Å². The lowest BCUT2D eigenvalue weighted by atomic mass is 10.1. The SMILES string of the molecule is CC(C)(C)[Si](C)(C)OCCCCCCCC#Cc1ccnc(CN)c1. The first-order valence-corrected chi connectivity index (χ1v) is 12.4. The zero-order valence-corrected chi connectivity index (χ0v) is 17.8. The van der Waals surface area contributed by atoms with Gasteiger partial charge in [-0.2, -0.15) is 0 Å². The van der Waals surface area contributed by atoms with Gasteiger partial charge in [0.1, 0.15) is 0 Å². The van der Waals surface area contributed by atoms with E-state index in [4.69, 9.17) is 10.2 Å². The molecule has 4 heteroatoms. The summed E-state index contributed by atoms with van der Waals surface area (Å²) in [6.45, 7) is 12.9. The number of nitrogens with zero attached hydrogens (tertiary/aromatic N) is 1. The molecule has 0 saturated heterocycles. The molecule has 2 N–H and O–H groups in total. The molecule has 0 unspecified atom stereocenters. The fourth-order valence-electron chi connectivity index (χ4n) is 2.22. The minimum Gasteiger partial charge on any atom is -0.417 e. The molecule has 1 aromatic heterocycles. The maximum atomic E-state index is 6.21. The molecule has 0 amide bonds. The van der Waals surface area contributed by atoms with E-state index in [-0.39, 0.29) is 0 Å². The van der Waals surface area contributed by atoms with Gasteiger partial charge in [0, 0.05) is 31.3 Å². The van der Waals surface area contributed by atoms with Crippen molar-refractivity contribution in [3.63, 3.8) is 0 Å². The Hall–Kier alpha value is -1.15. The van der Waals surface area contributed by atoms with E-state index in [0.29, 0.717) is 11.6 Å². The molecule has 0 spiro atoms. The van der Waals surface area contributed by atoms with Gasteiger partial charge in [-0.15, -0.1) is 0 Å². The summed E-state index contributed by atoms with van der Waals surface area (Å²) >= 11 is 0. The van der Waals surface area contributed by atoms with Crippen molar-refractivity contribution in [2.45, 2.75) is 84.0 Å². The molecule has 0 atom stereocenters. The van der Waals surface area contributed by atoms with Gasteiger partial charge in [-0.3, -0.25) is 4.98 Å². The highest BCUT2D eigenvalue weighted by Crippen LogP contribution is 2.36. The van der Waals surface area contributed by atoms with Crippen molar-refractivity contribution in [3.05, 3.63) is 29.6 Å². The second-order valence-electron chi connectivity index (χ2n) is 8.17. The van der Waals surface area contributed by atoms with Gasteiger partial charge in [-0.05, 0) is 43.1 Å². The molecular weight excluding hydrogens is 324 g/mol. The van der Waals surface area contributed by atoms with Crippen LogP contribution >= 0.6 is 0 Å². The predicted molar refractivity (Wildman–Crippen MR) is 110 cm³/mol. The maximum Gasteiger partial charge on any atom is 0.191 e. The van der Waals surface area contributed by atoms with Crippen LogP contribution in [-0.2, 0) is 11.0 Å². The molecule has 0 bridgehead atoms. The molecule has 1 heterocycles. The monoisotopic (exact) mass is 360 g/mol. The van der Waals surface area contributed by atoms with Crippen molar-refractivity contribution in [1.29, 1.82) is 0 Å². The molecule has 1 aromatic rings. The van der Waals surface area contributed by atoms with Gasteiger partial charge >= 0.3 is 0 Å². The first-order valence-electron chi connectivity index (χ1n) is 9.54. The largest absolute Gasteiger partial charge is 0.417 e. The Morgan fingerprint density at radius 3 is 2.48 bits per heavy atom. The minimum atomic E-state index is -1.56. The molecular formula is C21H36N2OSi. The molecule has 0 aromatic carbocycles. The summed E-state index contributed by atoms with van der Waals surface area (Å²) in [5.41, 5.74) is 7.50. The van der Waals surface area contributed by atoms with Crippen LogP contribution in [0, 0.1) is 11.8 Å². The van der Waals surface area contributed by atoms with E-state index in [0.717, 1.165) is 24.3 Å². The third-order valence-electron chi connectivity index (χ3n) is 4.97. The normalized spacial score (nSPS) is 11.9. The molecule has 3 nitrogen and oxygen atoms in total. The summed E-state index contributed by atoms with van der Waals surface area (Å²) in [4.78, 5) is 4.18. The number of hydrogen-bond acceptors (Lipinski definition) is 3. The van der Waals surface area contributed by atoms with Gasteiger partial charge in [-0.1, -0.05) is 51.9 Å². The van der Waals surface area contributed by atoms with Gasteiger partial charge in [0.15, 0.2) is 8.32 Å². The van der Waals surface area contributed by atoms with E-state index in [1.54, 1.807) is 6.20 Å². The van der Waals surface area contributed by atoms with Crippen molar-refractivity contribution < 1.29 is 4.43 Å². The van der Waals surface area contributed by atoms with E-state index in [2.05, 4.69) is 50.7 Å². The van der Waals surface area contributed by atoms with Crippen molar-refractivity contribution in [2.75, 3.05) is 6.61 Å². The summed E-state index contributed by atoms with van der Waals surface area (Å²) < 4.78 is 6.21. The fourth-order valence-corrected chi connectivity index (χ4v) is 3.31. The summed E-state index contributed by atoms with van der Waals surface area (Å²) in [6.07, 6.45) is 8.86. The zero-order chi connectivity index (χ0) is 18.8. The highest BCUT2D eigenvalue weighted by atomic mass is 28.4. The number of hydrogen-bond donors (Lipinski definition) is 1. The number of nitrogens with two attached hydrogens (primary N) is 1. The number of rotatable bonds is 9. The van der Waals surface area contributed by atoms with Gasteiger partial charge < -0.3 is 10.2 Å². The maximum absolute atomic E-state index is 6.21. The quantitative estimate of drug-likeness (QED) is 0.371. The number of pyridine rings is 1. The smallest absolute Gasteiger partial charge is 0.191 e. The lowest BCUT2D eigenvalue weighted by Gasteiger charge is -2.36. The van der Waals surface area contributed by atoms with E-state index in [1.807, 2.05) is 12.1 Å². The van der Waals surface area contributed by atoms with E-state index in [9.17, 15) is 0 Å². The Bertz CT molecular complexity index is 567. The summed E-state index contributed by atoms with van der Waals surface area (Å²) in [5.74, 6) is 6.45. The first kappa shape index (κ1) is 21.9. The van der Waals surface area contributed by atoms with Crippen molar-refractivity contribution >= 4 is 8.32 Å². The van der Waals surface area contributed by atoms with Crippen LogP contribution in [0.25, 0.3) is 0 Å². The van der Waals surface area contributed by atoms with E-state index >= 15 is 0 Å². The highest BCUT2D eigenvalue weighted by molar-refractivity contribution is 6.74. The van der Waals surface area contributed by atoms with Crippen LogP contribution in [0.5, 0.6) is 0 Å². The Morgan fingerprint density at radius 2 is 1.80 bits per heavy atom. The van der Waals surface area contributed by atoms with Gasteiger partial charge in [-0.25, -0.2) is 0 Å². The van der Waals surface area contributed by atoms with Crippen LogP contribution in [0.2, 0.25) is 18.1 Å². The summed E-state index contributed by atoms with van der Waals surface area (Å²) in [7, 11) is -1.56. The number of aromatic nitrogens is 1. The Morgan fingerprint density at radius 1 is 1.12 bits per heavy atom. The van der Waals surface area contributed by atoms with Crippen molar-refractivity contribution in [2.24, 2.45) is 5.73 Å². The molecule has 0 aliphatic carbocycles. The lowest BCUT2D eigenvalue weighted by molar-refractivity contribution is 0.277. The average Bonchev–Trinajstić information content (AvgIpc) is 2.55. The number of unbranched alkanes of at least 4 members (excludes halogenated alkanes) is 5. The first-order chi connectivity index (χ1) is 11.8. The Labute approximate surface area is 155 Å². The average molecular weight is 361 g/mol. The molecule has 25 heavy (non-hydrogen) atoms. The van der Waals surface area contributed by atoms with Crippen molar-refractivity contribution in [3.8, 4) is 11.8 Å². The van der Waals surface area contributed by atoms with Crippen LogP contribution < -0.4 is 5.73 Å². The second kappa shape index (κ2) is 10.8. The standard InChI is InChI=1S/C21H36N2OSi/c1-21(2,3)25(4,5)24-16-12-10-8-6-7-9-11-13-19-14-15-23-20(17-19)18-22/h14-15,17H,6-10,12,16,18,22H2,1-5H3. The third kappa shape index (κ3) is 8.67. The molecule has 1 rings (SSSR count). The summed E-state index contributed by atoms with van der Waals surface area (Å²) in [6, 6.07) is 3.91. The predicted octanol–water partition coefficient (Wildman–Crippen LogP) is 5.25. The molecule has 0 aliphatic rings. The lowest BCUT2D eigenvalue weighted by Crippen LogP contribution is -2.40. The topological polar surface area (TPSA) is 48.1 Å². The van der Waals surface area contributed by atoms with Crippen molar-refractivity contribution in [1.82, 2.24) is 4.98 Å². The third-order valence-corrected chi connectivity index (χ3v) is 9.51. The van der Waals surface area contributed by atoms with Crippen LogP contribution in [0.15, 0.2) is 18.3 Å². The molecule has 0 saturated carbocycles. The van der Waals surface area contributed by atoms with E-state index in [1.165, 1.54) is 32.1 Å². The molecule has 0 radical (unpaired) electrons. The van der Waals surface area contributed by atoms with Crippen LogP contribution in [0.3, 0.4) is 0 Å².